The smallest absolute Gasteiger partial charge is 0.167 e. The number of anilines is 1. The van der Waals surface area contributed by atoms with Crippen molar-refractivity contribution in [3.05, 3.63) is 24.2 Å². The Bertz CT molecular complexity index is 514. The fourth-order valence-corrected chi connectivity index (χ4v) is 2.49. The van der Waals surface area contributed by atoms with Crippen LogP contribution in [0.1, 0.15) is 24.5 Å². The molecule has 2 aromatic rings. The van der Waals surface area contributed by atoms with E-state index in [2.05, 4.69) is 26.9 Å². The van der Waals surface area contributed by atoms with Gasteiger partial charge in [0.05, 0.1) is 0 Å². The highest BCUT2D eigenvalue weighted by atomic mass is 15.3. The standard InChI is InChI=1S/C11H16N6/c12-16-11-10-2-1-9(17(10)15-7-14-11)8-3-5-13-6-4-8/h1-2,7-8,13H,3-6,12H2,(H,14,15,16). The van der Waals surface area contributed by atoms with Crippen LogP contribution in [0.4, 0.5) is 5.82 Å². The molecule has 2 aromatic heterocycles. The number of nitrogens with zero attached hydrogens (tertiary/aromatic N) is 3. The second-order valence-electron chi connectivity index (χ2n) is 4.33. The number of hydrogen-bond donors (Lipinski definition) is 3. The first-order chi connectivity index (χ1) is 8.40. The van der Waals surface area contributed by atoms with Crippen molar-refractivity contribution in [2.45, 2.75) is 18.8 Å². The zero-order valence-corrected chi connectivity index (χ0v) is 9.56. The maximum atomic E-state index is 5.44. The number of piperidine rings is 1. The minimum Gasteiger partial charge on any atom is -0.317 e. The van der Waals surface area contributed by atoms with E-state index in [0.29, 0.717) is 11.7 Å². The van der Waals surface area contributed by atoms with Crippen LogP contribution < -0.4 is 16.6 Å². The Labute approximate surface area is 99.2 Å². The molecular formula is C11H16N6. The van der Waals surface area contributed by atoms with Gasteiger partial charge >= 0.3 is 0 Å². The molecule has 6 nitrogen and oxygen atoms in total. The van der Waals surface area contributed by atoms with Crippen LogP contribution in [0.5, 0.6) is 0 Å². The molecule has 0 amide bonds. The predicted molar refractivity (Wildman–Crippen MR) is 65.6 cm³/mol. The van der Waals surface area contributed by atoms with Crippen LogP contribution in [-0.2, 0) is 0 Å². The van der Waals surface area contributed by atoms with Gasteiger partial charge in [0.2, 0.25) is 0 Å². The Hall–Kier alpha value is -1.66. The van der Waals surface area contributed by atoms with Gasteiger partial charge in [-0.05, 0) is 38.1 Å². The lowest BCUT2D eigenvalue weighted by molar-refractivity contribution is 0.448. The molecule has 0 atom stereocenters. The summed E-state index contributed by atoms with van der Waals surface area (Å²) in [6.07, 6.45) is 3.84. The molecule has 3 rings (SSSR count). The van der Waals surface area contributed by atoms with Gasteiger partial charge in [0.1, 0.15) is 11.8 Å². The van der Waals surface area contributed by atoms with Crippen molar-refractivity contribution in [3.8, 4) is 0 Å². The van der Waals surface area contributed by atoms with Gasteiger partial charge in [-0.3, -0.25) is 0 Å². The zero-order chi connectivity index (χ0) is 11.7. The lowest BCUT2D eigenvalue weighted by Crippen LogP contribution is -2.27. The summed E-state index contributed by atoms with van der Waals surface area (Å²) < 4.78 is 1.94. The fourth-order valence-electron chi connectivity index (χ4n) is 2.49. The number of nitrogens with two attached hydrogens (primary N) is 1. The minimum absolute atomic E-state index is 0.569. The van der Waals surface area contributed by atoms with Gasteiger partial charge in [-0.1, -0.05) is 0 Å². The largest absolute Gasteiger partial charge is 0.317 e. The van der Waals surface area contributed by atoms with Gasteiger partial charge in [0.25, 0.3) is 0 Å². The Balaban J connectivity index is 2.05. The lowest BCUT2D eigenvalue weighted by atomic mass is 9.95. The third kappa shape index (κ3) is 1.75. The number of nitrogens with one attached hydrogen (secondary N) is 2. The van der Waals surface area contributed by atoms with E-state index in [1.165, 1.54) is 12.0 Å². The van der Waals surface area contributed by atoms with E-state index in [1.807, 2.05) is 10.6 Å². The van der Waals surface area contributed by atoms with Gasteiger partial charge in [0.15, 0.2) is 5.82 Å². The molecule has 0 radical (unpaired) electrons. The van der Waals surface area contributed by atoms with Gasteiger partial charge in [-0.2, -0.15) is 5.10 Å². The fraction of sp³-hybridized carbons (Fsp3) is 0.455. The van der Waals surface area contributed by atoms with Crippen LogP contribution in [0.15, 0.2) is 18.5 Å². The minimum atomic E-state index is 0.569. The van der Waals surface area contributed by atoms with Crippen LogP contribution in [0.25, 0.3) is 5.52 Å². The van der Waals surface area contributed by atoms with Crippen LogP contribution in [0.3, 0.4) is 0 Å². The molecule has 1 aliphatic rings. The molecule has 0 aromatic carbocycles. The first kappa shape index (κ1) is 10.5. The number of aromatic nitrogens is 3. The van der Waals surface area contributed by atoms with Crippen LogP contribution >= 0.6 is 0 Å². The summed E-state index contributed by atoms with van der Waals surface area (Å²) in [6, 6.07) is 4.15. The highest BCUT2D eigenvalue weighted by Gasteiger charge is 2.19. The number of hydrogen-bond acceptors (Lipinski definition) is 5. The molecule has 4 N–H and O–H groups in total. The van der Waals surface area contributed by atoms with Crippen molar-refractivity contribution in [2.24, 2.45) is 5.84 Å². The molecule has 0 unspecified atom stereocenters. The second-order valence-corrected chi connectivity index (χ2v) is 4.33. The summed E-state index contributed by atoms with van der Waals surface area (Å²) in [5.41, 5.74) is 4.79. The predicted octanol–water partition coefficient (Wildman–Crippen LogP) is 0.482. The summed E-state index contributed by atoms with van der Waals surface area (Å²) in [7, 11) is 0. The number of fused-ring (bicyclic) bond motifs is 1. The van der Waals surface area contributed by atoms with Crippen molar-refractivity contribution in [1.82, 2.24) is 19.9 Å². The topological polar surface area (TPSA) is 80.3 Å². The Morgan fingerprint density at radius 1 is 1.35 bits per heavy atom. The number of hydrazine groups is 1. The average Bonchev–Trinajstić information content (AvgIpc) is 2.83. The summed E-state index contributed by atoms with van der Waals surface area (Å²) in [5.74, 6) is 6.68. The summed E-state index contributed by atoms with van der Waals surface area (Å²) in [6.45, 7) is 2.15. The molecule has 90 valence electrons. The van der Waals surface area contributed by atoms with Gasteiger partial charge < -0.3 is 10.7 Å². The van der Waals surface area contributed by atoms with E-state index in [1.54, 1.807) is 0 Å². The molecule has 0 bridgehead atoms. The Kier molecular flexibility index (Phi) is 2.66. The Morgan fingerprint density at radius 2 is 2.18 bits per heavy atom. The third-order valence-corrected chi connectivity index (χ3v) is 3.38. The van der Waals surface area contributed by atoms with Crippen molar-refractivity contribution < 1.29 is 0 Å². The normalized spacial score (nSPS) is 17.5. The highest BCUT2D eigenvalue weighted by molar-refractivity contribution is 5.67. The van der Waals surface area contributed by atoms with Crippen LogP contribution in [0.2, 0.25) is 0 Å². The molecule has 0 saturated carbocycles. The van der Waals surface area contributed by atoms with E-state index in [9.17, 15) is 0 Å². The van der Waals surface area contributed by atoms with Crippen LogP contribution in [0, 0.1) is 0 Å². The number of rotatable bonds is 2. The van der Waals surface area contributed by atoms with Crippen LogP contribution in [-0.4, -0.2) is 27.7 Å². The van der Waals surface area contributed by atoms with E-state index in [0.717, 1.165) is 31.4 Å². The first-order valence-electron chi connectivity index (χ1n) is 5.90. The molecule has 3 heterocycles. The third-order valence-electron chi connectivity index (χ3n) is 3.38. The van der Waals surface area contributed by atoms with E-state index >= 15 is 0 Å². The molecule has 1 aliphatic heterocycles. The van der Waals surface area contributed by atoms with Crippen molar-refractivity contribution in [2.75, 3.05) is 18.5 Å². The highest BCUT2D eigenvalue weighted by Crippen LogP contribution is 2.27. The average molecular weight is 232 g/mol. The monoisotopic (exact) mass is 232 g/mol. The number of nitrogen functional groups attached to an aromatic ring is 1. The molecule has 0 spiro atoms. The van der Waals surface area contributed by atoms with Crippen molar-refractivity contribution in [1.29, 1.82) is 0 Å². The summed E-state index contributed by atoms with van der Waals surface area (Å²) in [5, 5.41) is 7.69. The maximum absolute atomic E-state index is 5.44. The second kappa shape index (κ2) is 4.31. The molecule has 17 heavy (non-hydrogen) atoms. The van der Waals surface area contributed by atoms with Gasteiger partial charge in [-0.25, -0.2) is 15.3 Å². The first-order valence-corrected chi connectivity index (χ1v) is 5.90. The molecule has 0 aliphatic carbocycles. The van der Waals surface area contributed by atoms with Crippen molar-refractivity contribution in [3.63, 3.8) is 0 Å². The van der Waals surface area contributed by atoms with Gasteiger partial charge in [0, 0.05) is 11.6 Å². The Morgan fingerprint density at radius 3 is 2.94 bits per heavy atom. The SMILES string of the molecule is NNc1ncnn2c(C3CCNCC3)ccc12. The van der Waals surface area contributed by atoms with E-state index in [-0.39, 0.29) is 0 Å². The maximum Gasteiger partial charge on any atom is 0.167 e. The van der Waals surface area contributed by atoms with Gasteiger partial charge in [-0.15, -0.1) is 0 Å². The summed E-state index contributed by atoms with van der Waals surface area (Å²) >= 11 is 0. The molecule has 1 fully saturated rings. The molecule has 1 saturated heterocycles. The van der Waals surface area contributed by atoms with E-state index in [4.69, 9.17) is 5.84 Å². The lowest BCUT2D eigenvalue weighted by Gasteiger charge is -2.22. The quantitative estimate of drug-likeness (QED) is 0.518. The van der Waals surface area contributed by atoms with E-state index < -0.39 is 0 Å². The molecular weight excluding hydrogens is 216 g/mol. The van der Waals surface area contributed by atoms with Crippen molar-refractivity contribution >= 4 is 11.3 Å². The zero-order valence-electron chi connectivity index (χ0n) is 9.56. The summed E-state index contributed by atoms with van der Waals surface area (Å²) in [4.78, 5) is 4.10. The molecule has 6 heteroatoms.